The van der Waals surface area contributed by atoms with E-state index in [4.69, 9.17) is 11.6 Å². The zero-order chi connectivity index (χ0) is 26.7. The zero-order valence-electron chi connectivity index (χ0n) is 22.8. The van der Waals surface area contributed by atoms with Gasteiger partial charge in [-0.3, -0.25) is 4.79 Å². The molecule has 0 aliphatic heterocycles. The summed E-state index contributed by atoms with van der Waals surface area (Å²) in [6.07, 6.45) is 6.16. The third-order valence-corrected chi connectivity index (χ3v) is 13.0. The number of nitrogens with one attached hydrogen (secondary N) is 1. The second kappa shape index (κ2) is 10.4. The van der Waals surface area contributed by atoms with Gasteiger partial charge in [0, 0.05) is 11.3 Å². The van der Waals surface area contributed by atoms with Crippen LogP contribution < -0.4 is 5.32 Å². The number of aliphatic hydroxyl groups excluding tert-OH is 3. The lowest BCUT2D eigenvalue weighted by atomic mass is 9.43. The highest BCUT2D eigenvalue weighted by molar-refractivity contribution is 7.16. The molecular formula is C30H46ClNO4S. The fraction of sp³-hybridized carbons (Fsp3) is 0.833. The number of thiophene rings is 1. The van der Waals surface area contributed by atoms with Crippen LogP contribution in [-0.4, -0.2) is 39.5 Å². The van der Waals surface area contributed by atoms with Crippen molar-refractivity contribution in [3.8, 4) is 0 Å². The van der Waals surface area contributed by atoms with E-state index in [0.717, 1.165) is 54.2 Å². The summed E-state index contributed by atoms with van der Waals surface area (Å²) in [4.78, 5) is 14.2. The Morgan fingerprint density at radius 1 is 1.05 bits per heavy atom. The number of fused-ring (bicyclic) bond motifs is 5. The third kappa shape index (κ3) is 4.71. The largest absolute Gasteiger partial charge is 0.393 e. The topological polar surface area (TPSA) is 89.8 Å². The number of rotatable bonds is 6. The summed E-state index contributed by atoms with van der Waals surface area (Å²) >= 11 is 7.66. The van der Waals surface area contributed by atoms with Crippen molar-refractivity contribution in [3.05, 3.63) is 21.3 Å². The highest BCUT2D eigenvalue weighted by atomic mass is 35.5. The van der Waals surface area contributed by atoms with E-state index in [1.165, 1.54) is 11.3 Å². The van der Waals surface area contributed by atoms with E-state index in [1.807, 2.05) is 12.1 Å². The van der Waals surface area contributed by atoms with E-state index in [-0.39, 0.29) is 46.6 Å². The van der Waals surface area contributed by atoms with Gasteiger partial charge in [0.25, 0.3) is 0 Å². The molecule has 1 heterocycles. The molecule has 4 aliphatic rings. The number of carbonyl (C=O) groups excluding carboxylic acids is 1. The molecule has 4 saturated carbocycles. The molecule has 4 fully saturated rings. The Labute approximate surface area is 231 Å². The molecule has 1 amide bonds. The lowest BCUT2D eigenvalue weighted by Crippen LogP contribution is -2.64. The molecule has 0 aromatic carbocycles. The molecule has 4 N–H and O–H groups in total. The fourth-order valence-corrected chi connectivity index (χ4v) is 11.0. The summed E-state index contributed by atoms with van der Waals surface area (Å²) in [5, 5.41) is 36.3. The van der Waals surface area contributed by atoms with E-state index in [9.17, 15) is 20.1 Å². The van der Waals surface area contributed by atoms with Crippen molar-refractivity contribution >= 4 is 28.8 Å². The van der Waals surface area contributed by atoms with Crippen molar-refractivity contribution < 1.29 is 20.1 Å². The third-order valence-electron chi connectivity index (χ3n) is 11.7. The average molecular weight is 552 g/mol. The standard InChI is InChI=1S/C30H46ClNO4S/c1-5-22(23-8-9-24(31)37-23)32-25(34)14-16(2)18-6-7-19-26-20(11-13-29(18,19)3)30(4)12-10-17(33)15-21(30)27(35)28(26)36/h8-9,16-22,26-28,33,35-36H,5-7,10-15H2,1-4H3,(H,32,34)/t16-,17-,18?,19+,20+,21?,22?,26?,27-,28+,29?,30?/m1/s1. The molecule has 12 atom stereocenters. The van der Waals surface area contributed by atoms with Crippen LogP contribution in [0.5, 0.6) is 0 Å². The predicted molar refractivity (Wildman–Crippen MR) is 148 cm³/mol. The second-order valence-corrected chi connectivity index (χ2v) is 15.1. The van der Waals surface area contributed by atoms with Crippen LogP contribution in [0.4, 0.5) is 0 Å². The van der Waals surface area contributed by atoms with Crippen LogP contribution in [-0.2, 0) is 4.79 Å². The summed E-state index contributed by atoms with van der Waals surface area (Å²) in [6.45, 7) is 9.05. The van der Waals surface area contributed by atoms with Crippen molar-refractivity contribution in [2.75, 3.05) is 0 Å². The monoisotopic (exact) mass is 551 g/mol. The van der Waals surface area contributed by atoms with Gasteiger partial charge in [-0.2, -0.15) is 0 Å². The van der Waals surface area contributed by atoms with Gasteiger partial charge >= 0.3 is 0 Å². The number of aliphatic hydroxyl groups is 3. The van der Waals surface area contributed by atoms with Gasteiger partial charge in [0.1, 0.15) is 0 Å². The van der Waals surface area contributed by atoms with Crippen LogP contribution in [0.25, 0.3) is 0 Å². The Kier molecular flexibility index (Phi) is 7.83. The average Bonchev–Trinajstić information content (AvgIpc) is 3.44. The van der Waals surface area contributed by atoms with Gasteiger partial charge in [0.2, 0.25) is 5.91 Å². The Bertz CT molecular complexity index is 987. The van der Waals surface area contributed by atoms with Crippen LogP contribution in [0.2, 0.25) is 4.34 Å². The molecule has 0 radical (unpaired) electrons. The second-order valence-electron chi connectivity index (χ2n) is 13.4. The molecule has 1 aromatic rings. The SMILES string of the molecule is CCC(NC(=O)C[C@@H](C)C1CC[C@H]2C3[C@H](O)[C@H](O)C4C[C@H](O)CCC4(C)[C@H]3CCC12C)c1ccc(Cl)s1. The first-order valence-corrected chi connectivity index (χ1v) is 15.8. The van der Waals surface area contributed by atoms with Crippen molar-refractivity contribution in [3.63, 3.8) is 0 Å². The van der Waals surface area contributed by atoms with Gasteiger partial charge in [-0.25, -0.2) is 0 Å². The molecule has 0 spiro atoms. The Morgan fingerprint density at radius 3 is 2.43 bits per heavy atom. The number of hydrogen-bond acceptors (Lipinski definition) is 5. The van der Waals surface area contributed by atoms with Crippen molar-refractivity contribution in [1.82, 2.24) is 5.32 Å². The predicted octanol–water partition coefficient (Wildman–Crippen LogP) is 5.96. The minimum absolute atomic E-state index is 0.00104. The van der Waals surface area contributed by atoms with E-state index < -0.39 is 12.2 Å². The van der Waals surface area contributed by atoms with Gasteiger partial charge in [0.05, 0.1) is 28.7 Å². The fourth-order valence-electron chi connectivity index (χ4n) is 9.79. The van der Waals surface area contributed by atoms with E-state index >= 15 is 0 Å². The minimum Gasteiger partial charge on any atom is -0.393 e. The molecule has 4 aliphatic carbocycles. The summed E-state index contributed by atoms with van der Waals surface area (Å²) in [7, 11) is 0. The molecule has 5 rings (SSSR count). The van der Waals surface area contributed by atoms with Crippen LogP contribution >= 0.6 is 22.9 Å². The van der Waals surface area contributed by atoms with Crippen molar-refractivity contribution in [2.45, 2.75) is 110 Å². The minimum atomic E-state index is -0.762. The summed E-state index contributed by atoms with van der Waals surface area (Å²) in [6, 6.07) is 3.90. The lowest BCUT2D eigenvalue weighted by Gasteiger charge is -2.63. The van der Waals surface area contributed by atoms with Gasteiger partial charge in [0.15, 0.2) is 0 Å². The molecule has 1 aromatic heterocycles. The smallest absolute Gasteiger partial charge is 0.220 e. The molecule has 5 nitrogen and oxygen atoms in total. The van der Waals surface area contributed by atoms with E-state index in [1.54, 1.807) is 0 Å². The maximum Gasteiger partial charge on any atom is 0.220 e. The molecule has 208 valence electrons. The lowest BCUT2D eigenvalue weighted by molar-refractivity contribution is -0.223. The van der Waals surface area contributed by atoms with E-state index in [0.29, 0.717) is 30.6 Å². The zero-order valence-corrected chi connectivity index (χ0v) is 24.4. The quantitative estimate of drug-likeness (QED) is 0.351. The van der Waals surface area contributed by atoms with Crippen LogP contribution in [0.1, 0.15) is 96.4 Å². The van der Waals surface area contributed by atoms with Gasteiger partial charge < -0.3 is 20.6 Å². The molecule has 0 bridgehead atoms. The normalized spacial score (nSPS) is 44.9. The van der Waals surface area contributed by atoms with Gasteiger partial charge in [-0.05, 0) is 110 Å². The van der Waals surface area contributed by atoms with Gasteiger partial charge in [-0.15, -0.1) is 11.3 Å². The molecule has 37 heavy (non-hydrogen) atoms. The Morgan fingerprint density at radius 2 is 1.76 bits per heavy atom. The molecule has 0 saturated heterocycles. The number of amides is 1. The Balaban J connectivity index is 1.29. The van der Waals surface area contributed by atoms with Gasteiger partial charge in [-0.1, -0.05) is 39.3 Å². The van der Waals surface area contributed by atoms with Crippen LogP contribution in [0.15, 0.2) is 12.1 Å². The van der Waals surface area contributed by atoms with E-state index in [2.05, 4.69) is 33.0 Å². The first-order valence-electron chi connectivity index (χ1n) is 14.6. The maximum absolute atomic E-state index is 13.1. The first-order chi connectivity index (χ1) is 17.5. The summed E-state index contributed by atoms with van der Waals surface area (Å²) < 4.78 is 0.746. The summed E-state index contributed by atoms with van der Waals surface area (Å²) in [5.74, 6) is 1.63. The number of hydrogen-bond donors (Lipinski definition) is 4. The van der Waals surface area contributed by atoms with Crippen LogP contribution in [0.3, 0.4) is 0 Å². The number of carbonyl (C=O) groups is 1. The first kappa shape index (κ1) is 27.9. The molecule has 6 unspecified atom stereocenters. The van der Waals surface area contributed by atoms with Crippen molar-refractivity contribution in [1.29, 1.82) is 0 Å². The van der Waals surface area contributed by atoms with Crippen molar-refractivity contribution in [2.24, 2.45) is 46.3 Å². The maximum atomic E-state index is 13.1. The number of halogens is 1. The highest BCUT2D eigenvalue weighted by Gasteiger charge is 2.65. The molecular weight excluding hydrogens is 506 g/mol. The summed E-state index contributed by atoms with van der Waals surface area (Å²) in [5.41, 5.74) is 0.0533. The molecule has 7 heteroatoms. The van der Waals surface area contributed by atoms with Crippen LogP contribution in [0, 0.1) is 46.3 Å². The highest BCUT2D eigenvalue weighted by Crippen LogP contribution is 2.68. The Hall–Kier alpha value is -0.660.